The minimum Gasteiger partial charge on any atom is -0.348 e. The molecule has 138 valence electrons. The number of carbonyl (C=O) groups is 2. The summed E-state index contributed by atoms with van der Waals surface area (Å²) in [6, 6.07) is 13.4. The summed E-state index contributed by atoms with van der Waals surface area (Å²) < 4.78 is 0. The highest BCUT2D eigenvalue weighted by molar-refractivity contribution is 7.13. The van der Waals surface area contributed by atoms with E-state index in [1.165, 1.54) is 11.3 Å². The maximum absolute atomic E-state index is 12.5. The van der Waals surface area contributed by atoms with Crippen LogP contribution in [0.2, 0.25) is 0 Å². The zero-order valence-corrected chi connectivity index (χ0v) is 15.8. The minimum absolute atomic E-state index is 0.0148. The van der Waals surface area contributed by atoms with Crippen LogP contribution >= 0.6 is 11.3 Å². The highest BCUT2D eigenvalue weighted by Crippen LogP contribution is 2.19. The predicted octanol–water partition coefficient (Wildman–Crippen LogP) is 2.87. The van der Waals surface area contributed by atoms with Crippen molar-refractivity contribution in [2.24, 2.45) is 5.73 Å². The molecule has 6 heteroatoms. The van der Waals surface area contributed by atoms with E-state index in [4.69, 9.17) is 5.73 Å². The standard InChI is InChI=1S/C20H25N3O2S/c1-14-7-8-18(26-14)20(25)22-16-9-11-23(12-10-16)19(24)13-17(21)15-5-3-2-4-6-15/h2-8,16-17H,9-13,21H2,1H3,(H,22,25). The molecule has 0 aliphatic carbocycles. The lowest BCUT2D eigenvalue weighted by molar-refractivity contribution is -0.132. The third kappa shape index (κ3) is 4.71. The van der Waals surface area contributed by atoms with E-state index in [9.17, 15) is 9.59 Å². The molecule has 0 bridgehead atoms. The normalized spacial score (nSPS) is 16.3. The number of hydrogen-bond donors (Lipinski definition) is 2. The highest BCUT2D eigenvalue weighted by atomic mass is 32.1. The summed E-state index contributed by atoms with van der Waals surface area (Å²) in [5, 5.41) is 3.08. The number of carbonyl (C=O) groups excluding carboxylic acids is 2. The Morgan fingerprint density at radius 1 is 1.19 bits per heavy atom. The third-order valence-corrected chi connectivity index (χ3v) is 5.77. The van der Waals surface area contributed by atoms with Crippen molar-refractivity contribution in [3.63, 3.8) is 0 Å². The lowest BCUT2D eigenvalue weighted by Gasteiger charge is -2.33. The first-order valence-corrected chi connectivity index (χ1v) is 9.80. The molecular formula is C20H25N3O2S. The molecule has 1 saturated heterocycles. The Balaban J connectivity index is 1.45. The summed E-state index contributed by atoms with van der Waals surface area (Å²) in [7, 11) is 0. The van der Waals surface area contributed by atoms with Crippen LogP contribution in [0.3, 0.4) is 0 Å². The fourth-order valence-electron chi connectivity index (χ4n) is 3.22. The average Bonchev–Trinajstić information content (AvgIpc) is 3.09. The lowest BCUT2D eigenvalue weighted by atomic mass is 10.0. The van der Waals surface area contributed by atoms with Gasteiger partial charge in [-0.15, -0.1) is 11.3 Å². The van der Waals surface area contributed by atoms with Gasteiger partial charge in [0, 0.05) is 36.5 Å². The number of nitrogens with two attached hydrogens (primary N) is 1. The van der Waals surface area contributed by atoms with E-state index in [1.54, 1.807) is 0 Å². The number of thiophene rings is 1. The summed E-state index contributed by atoms with van der Waals surface area (Å²) in [6.07, 6.45) is 1.88. The molecule has 2 aromatic rings. The summed E-state index contributed by atoms with van der Waals surface area (Å²) >= 11 is 1.50. The van der Waals surface area contributed by atoms with Gasteiger partial charge in [0.15, 0.2) is 0 Å². The molecule has 0 radical (unpaired) electrons. The fraction of sp³-hybridized carbons (Fsp3) is 0.400. The van der Waals surface area contributed by atoms with Crippen LogP contribution in [0.25, 0.3) is 0 Å². The Bertz CT molecular complexity index is 751. The van der Waals surface area contributed by atoms with Crippen LogP contribution in [0.15, 0.2) is 42.5 Å². The minimum atomic E-state index is -0.275. The number of amides is 2. The molecule has 0 saturated carbocycles. The van der Waals surface area contributed by atoms with Gasteiger partial charge in [-0.3, -0.25) is 9.59 Å². The van der Waals surface area contributed by atoms with Crippen LogP contribution < -0.4 is 11.1 Å². The zero-order chi connectivity index (χ0) is 18.5. The molecule has 3 N–H and O–H groups in total. The van der Waals surface area contributed by atoms with Crippen molar-refractivity contribution < 1.29 is 9.59 Å². The lowest BCUT2D eigenvalue weighted by Crippen LogP contribution is -2.46. The number of nitrogens with one attached hydrogen (secondary N) is 1. The molecule has 3 rings (SSSR count). The van der Waals surface area contributed by atoms with Gasteiger partial charge < -0.3 is 16.0 Å². The number of rotatable bonds is 5. The number of likely N-dealkylation sites (tertiary alicyclic amines) is 1. The Labute approximate surface area is 158 Å². The Kier molecular flexibility index (Phi) is 6.06. The number of aryl methyl sites for hydroxylation is 1. The molecule has 0 spiro atoms. The van der Waals surface area contributed by atoms with Gasteiger partial charge in [-0.2, -0.15) is 0 Å². The first-order chi connectivity index (χ1) is 12.5. The van der Waals surface area contributed by atoms with Crippen molar-refractivity contribution in [3.8, 4) is 0 Å². The van der Waals surface area contributed by atoms with E-state index in [0.717, 1.165) is 28.2 Å². The highest BCUT2D eigenvalue weighted by Gasteiger charge is 2.25. The van der Waals surface area contributed by atoms with Gasteiger partial charge in [0.2, 0.25) is 5.91 Å². The molecule has 1 aliphatic heterocycles. The van der Waals surface area contributed by atoms with Crippen LogP contribution in [-0.4, -0.2) is 35.8 Å². The Morgan fingerprint density at radius 3 is 2.50 bits per heavy atom. The second kappa shape index (κ2) is 8.47. The van der Waals surface area contributed by atoms with E-state index < -0.39 is 0 Å². The molecule has 1 aromatic heterocycles. The Morgan fingerprint density at radius 2 is 1.88 bits per heavy atom. The molecule has 1 aliphatic rings. The van der Waals surface area contributed by atoms with Crippen molar-refractivity contribution in [1.82, 2.24) is 10.2 Å². The molecule has 5 nitrogen and oxygen atoms in total. The van der Waals surface area contributed by atoms with Gasteiger partial charge in [-0.1, -0.05) is 30.3 Å². The first kappa shape index (κ1) is 18.6. The first-order valence-electron chi connectivity index (χ1n) is 8.98. The van der Waals surface area contributed by atoms with Crippen molar-refractivity contribution in [3.05, 3.63) is 57.8 Å². The molecule has 1 fully saturated rings. The van der Waals surface area contributed by atoms with E-state index in [1.807, 2.05) is 54.3 Å². The second-order valence-corrected chi connectivity index (χ2v) is 8.05. The van der Waals surface area contributed by atoms with Crippen molar-refractivity contribution >= 4 is 23.2 Å². The predicted molar refractivity (Wildman–Crippen MR) is 104 cm³/mol. The molecule has 1 unspecified atom stereocenters. The smallest absolute Gasteiger partial charge is 0.261 e. The maximum atomic E-state index is 12.5. The fourth-order valence-corrected chi connectivity index (χ4v) is 3.99. The van der Waals surface area contributed by atoms with Crippen molar-refractivity contribution in [2.45, 2.75) is 38.3 Å². The Hall–Kier alpha value is -2.18. The van der Waals surface area contributed by atoms with E-state index in [-0.39, 0.29) is 23.9 Å². The monoisotopic (exact) mass is 371 g/mol. The van der Waals surface area contributed by atoms with Gasteiger partial charge in [0.05, 0.1) is 4.88 Å². The van der Waals surface area contributed by atoms with Crippen LogP contribution in [0.4, 0.5) is 0 Å². The maximum Gasteiger partial charge on any atom is 0.261 e. The van der Waals surface area contributed by atoms with E-state index in [0.29, 0.717) is 19.5 Å². The van der Waals surface area contributed by atoms with Crippen LogP contribution in [-0.2, 0) is 4.79 Å². The van der Waals surface area contributed by atoms with Crippen molar-refractivity contribution in [1.29, 1.82) is 0 Å². The number of benzene rings is 1. The quantitative estimate of drug-likeness (QED) is 0.849. The van der Waals surface area contributed by atoms with E-state index >= 15 is 0 Å². The molecule has 1 aromatic carbocycles. The van der Waals surface area contributed by atoms with E-state index in [2.05, 4.69) is 5.32 Å². The number of nitrogens with zero attached hydrogens (tertiary/aromatic N) is 1. The molecule has 1 atom stereocenters. The SMILES string of the molecule is Cc1ccc(C(=O)NC2CCN(C(=O)CC(N)c3ccccc3)CC2)s1. The molecule has 2 amide bonds. The molecular weight excluding hydrogens is 346 g/mol. The molecule has 2 heterocycles. The van der Waals surface area contributed by atoms with Gasteiger partial charge in [0.25, 0.3) is 5.91 Å². The van der Waals surface area contributed by atoms with Gasteiger partial charge in [-0.25, -0.2) is 0 Å². The zero-order valence-electron chi connectivity index (χ0n) is 15.0. The largest absolute Gasteiger partial charge is 0.348 e. The second-order valence-electron chi connectivity index (χ2n) is 6.76. The third-order valence-electron chi connectivity index (χ3n) is 4.77. The molecule has 26 heavy (non-hydrogen) atoms. The average molecular weight is 372 g/mol. The van der Waals surface area contributed by atoms with Crippen LogP contribution in [0.5, 0.6) is 0 Å². The van der Waals surface area contributed by atoms with Gasteiger partial charge in [-0.05, 0) is 37.5 Å². The topological polar surface area (TPSA) is 75.4 Å². The summed E-state index contributed by atoms with van der Waals surface area (Å²) in [4.78, 5) is 28.5. The summed E-state index contributed by atoms with van der Waals surface area (Å²) in [5.74, 6) is 0.0685. The van der Waals surface area contributed by atoms with Gasteiger partial charge >= 0.3 is 0 Å². The van der Waals surface area contributed by atoms with Crippen LogP contribution in [0.1, 0.15) is 45.4 Å². The van der Waals surface area contributed by atoms with Crippen molar-refractivity contribution in [2.75, 3.05) is 13.1 Å². The van der Waals surface area contributed by atoms with Gasteiger partial charge in [0.1, 0.15) is 0 Å². The summed E-state index contributed by atoms with van der Waals surface area (Å²) in [6.45, 7) is 3.31. The number of hydrogen-bond acceptors (Lipinski definition) is 4. The van der Waals surface area contributed by atoms with Crippen LogP contribution in [0, 0.1) is 6.92 Å². The number of piperidine rings is 1. The summed E-state index contributed by atoms with van der Waals surface area (Å²) in [5.41, 5.74) is 7.14.